The van der Waals surface area contributed by atoms with Gasteiger partial charge >= 0.3 is 0 Å². The van der Waals surface area contributed by atoms with Gasteiger partial charge in [-0.15, -0.1) is 0 Å². The highest BCUT2D eigenvalue weighted by molar-refractivity contribution is 6.22. The Morgan fingerprint density at radius 2 is 0.887 bits per heavy atom. The zero-order valence-corrected chi connectivity index (χ0v) is 33.6. The number of para-hydroxylation sites is 3. The van der Waals surface area contributed by atoms with Gasteiger partial charge in [0.2, 0.25) is 5.95 Å². The number of rotatable bonds is 5. The van der Waals surface area contributed by atoms with Crippen molar-refractivity contribution in [3.05, 3.63) is 218 Å². The van der Waals surface area contributed by atoms with Gasteiger partial charge in [0, 0.05) is 43.7 Å². The molecule has 13 rings (SSSR count). The molecule has 0 saturated heterocycles. The fourth-order valence-corrected chi connectivity index (χ4v) is 9.85. The van der Waals surface area contributed by atoms with Crippen LogP contribution in [0.25, 0.3) is 121 Å². The summed E-state index contributed by atoms with van der Waals surface area (Å²) in [5.74, 6) is 0.642. The summed E-state index contributed by atoms with van der Waals surface area (Å²) < 4.78 is 4.73. The average Bonchev–Trinajstić information content (AvgIpc) is 3.85. The molecule has 0 amide bonds. The van der Waals surface area contributed by atoms with Crippen molar-refractivity contribution in [3.63, 3.8) is 0 Å². The van der Waals surface area contributed by atoms with Gasteiger partial charge in [0.15, 0.2) is 0 Å². The molecule has 0 unspecified atom stereocenters. The fraction of sp³-hybridized carbons (Fsp3) is 0. The largest absolute Gasteiger partial charge is 0.309 e. The molecule has 13 aromatic rings. The van der Waals surface area contributed by atoms with Gasteiger partial charge in [0.05, 0.1) is 33.3 Å². The Kier molecular flexibility index (Phi) is 7.57. The van der Waals surface area contributed by atoms with Crippen molar-refractivity contribution in [2.24, 2.45) is 0 Å². The highest BCUT2D eigenvalue weighted by Gasteiger charge is 2.23. The first-order valence-corrected chi connectivity index (χ1v) is 21.2. The van der Waals surface area contributed by atoms with Crippen molar-refractivity contribution in [1.29, 1.82) is 0 Å². The van der Waals surface area contributed by atoms with E-state index in [4.69, 9.17) is 9.97 Å². The molecule has 0 bridgehead atoms. The van der Waals surface area contributed by atoms with Gasteiger partial charge in [-0.1, -0.05) is 170 Å². The van der Waals surface area contributed by atoms with Crippen LogP contribution in [0.15, 0.2) is 218 Å². The molecule has 4 nitrogen and oxygen atoms in total. The van der Waals surface area contributed by atoms with E-state index in [2.05, 4.69) is 228 Å². The zero-order valence-electron chi connectivity index (χ0n) is 33.6. The normalized spacial score (nSPS) is 11.9. The molecular formula is C58H36N4. The van der Waals surface area contributed by atoms with Gasteiger partial charge in [0.1, 0.15) is 0 Å². The lowest BCUT2D eigenvalue weighted by Gasteiger charge is -2.16. The Labute approximate surface area is 357 Å². The lowest BCUT2D eigenvalue weighted by atomic mass is 9.94. The maximum Gasteiger partial charge on any atom is 0.235 e. The number of nitrogens with zero attached hydrogens (tertiary/aromatic N) is 4. The van der Waals surface area contributed by atoms with E-state index in [1.165, 1.54) is 49.0 Å². The van der Waals surface area contributed by atoms with E-state index in [0.29, 0.717) is 5.95 Å². The second-order valence-electron chi connectivity index (χ2n) is 16.2. The number of fused-ring (bicyclic) bond motifs is 9. The van der Waals surface area contributed by atoms with Crippen LogP contribution in [0.1, 0.15) is 0 Å². The molecule has 4 heteroatoms. The van der Waals surface area contributed by atoms with Crippen molar-refractivity contribution < 1.29 is 0 Å². The summed E-state index contributed by atoms with van der Waals surface area (Å²) >= 11 is 0. The number of hydrogen-bond donors (Lipinski definition) is 0. The monoisotopic (exact) mass is 788 g/mol. The molecule has 0 radical (unpaired) electrons. The molecule has 0 fully saturated rings. The Morgan fingerprint density at radius 1 is 0.306 bits per heavy atom. The lowest BCUT2D eigenvalue weighted by Crippen LogP contribution is -2.04. The highest BCUT2D eigenvalue weighted by Crippen LogP contribution is 2.44. The molecule has 0 aliphatic carbocycles. The molecule has 0 saturated carbocycles. The molecule has 62 heavy (non-hydrogen) atoms. The standard InChI is InChI=1S/C58H36N4/c1-2-14-37(15-3-1)39-28-31-44(32-29-39)61-52-24-12-9-20-46(52)48-33-30-42(36-54(48)61)55-45-19-7-6-18-41(45)35-50-47-21-10-13-25-53(47)62(57(50)55)58-59-51-23-11-8-22-49(51)56(60-58)43-27-26-38-16-4-5-17-40(38)34-43/h1-36H. The molecule has 0 aliphatic rings. The first-order chi connectivity index (χ1) is 30.7. The van der Waals surface area contributed by atoms with Gasteiger partial charge in [0.25, 0.3) is 0 Å². The Hall–Kier alpha value is -8.34. The summed E-state index contributed by atoms with van der Waals surface area (Å²) in [6.07, 6.45) is 0. The van der Waals surface area contributed by atoms with E-state index in [0.717, 1.165) is 66.3 Å². The maximum atomic E-state index is 5.54. The van der Waals surface area contributed by atoms with E-state index in [1.54, 1.807) is 0 Å². The summed E-state index contributed by atoms with van der Waals surface area (Å²) in [4.78, 5) is 10.9. The predicted molar refractivity (Wildman–Crippen MR) is 260 cm³/mol. The van der Waals surface area contributed by atoms with Crippen LogP contribution in [0.2, 0.25) is 0 Å². The highest BCUT2D eigenvalue weighted by atomic mass is 15.2. The molecule has 0 aliphatic heterocycles. The first-order valence-electron chi connectivity index (χ1n) is 21.2. The van der Waals surface area contributed by atoms with E-state index in [-0.39, 0.29) is 0 Å². The summed E-state index contributed by atoms with van der Waals surface area (Å²) in [5.41, 5.74) is 13.1. The third kappa shape index (κ3) is 5.27. The quantitative estimate of drug-likeness (QED) is 0.174. The van der Waals surface area contributed by atoms with Crippen LogP contribution in [0.3, 0.4) is 0 Å². The fourth-order valence-electron chi connectivity index (χ4n) is 9.85. The smallest absolute Gasteiger partial charge is 0.235 e. The Bertz CT molecular complexity index is 3910. The minimum absolute atomic E-state index is 0.642. The Balaban J connectivity index is 1.11. The van der Waals surface area contributed by atoms with E-state index < -0.39 is 0 Å². The number of hydrogen-bond acceptors (Lipinski definition) is 2. The minimum Gasteiger partial charge on any atom is -0.309 e. The SMILES string of the molecule is c1ccc(-c2ccc(-n3c4ccccc4c4ccc(-c5c6ccccc6cc6c7ccccc7n(-c7nc(-c8ccc9ccccc9c8)c8ccccc8n7)c56)cc43)cc2)cc1. The van der Waals surface area contributed by atoms with Gasteiger partial charge in [-0.05, 0) is 86.8 Å². The minimum atomic E-state index is 0.642. The molecule has 3 aromatic heterocycles. The zero-order chi connectivity index (χ0) is 40.7. The van der Waals surface area contributed by atoms with Crippen LogP contribution in [0.5, 0.6) is 0 Å². The molecular weight excluding hydrogens is 753 g/mol. The molecule has 0 atom stereocenters. The Morgan fingerprint density at radius 3 is 1.69 bits per heavy atom. The second kappa shape index (κ2) is 13.6. The summed E-state index contributed by atoms with van der Waals surface area (Å²) in [5, 5.41) is 10.5. The van der Waals surface area contributed by atoms with Crippen LogP contribution >= 0.6 is 0 Å². The van der Waals surface area contributed by atoms with Crippen LogP contribution in [0, 0.1) is 0 Å². The summed E-state index contributed by atoms with van der Waals surface area (Å²) in [7, 11) is 0. The first kappa shape index (κ1) is 34.5. The maximum absolute atomic E-state index is 5.54. The van der Waals surface area contributed by atoms with Gasteiger partial charge < -0.3 is 4.57 Å². The third-order valence-electron chi connectivity index (χ3n) is 12.7. The van der Waals surface area contributed by atoms with Crippen LogP contribution in [0.4, 0.5) is 0 Å². The average molecular weight is 789 g/mol. The number of aromatic nitrogens is 4. The number of benzene rings is 10. The van der Waals surface area contributed by atoms with Gasteiger partial charge in [-0.3, -0.25) is 4.57 Å². The molecule has 10 aromatic carbocycles. The van der Waals surface area contributed by atoms with Crippen LogP contribution < -0.4 is 0 Å². The topological polar surface area (TPSA) is 35.6 Å². The van der Waals surface area contributed by atoms with Gasteiger partial charge in [-0.25, -0.2) is 9.97 Å². The van der Waals surface area contributed by atoms with E-state index in [9.17, 15) is 0 Å². The molecule has 288 valence electrons. The van der Waals surface area contributed by atoms with Crippen LogP contribution in [-0.2, 0) is 0 Å². The molecule has 0 spiro atoms. The van der Waals surface area contributed by atoms with E-state index >= 15 is 0 Å². The van der Waals surface area contributed by atoms with Crippen molar-refractivity contribution >= 4 is 76.1 Å². The third-order valence-corrected chi connectivity index (χ3v) is 12.7. The second-order valence-corrected chi connectivity index (χ2v) is 16.2. The molecule has 3 heterocycles. The predicted octanol–water partition coefficient (Wildman–Crippen LogP) is 15.1. The van der Waals surface area contributed by atoms with E-state index in [1.807, 2.05) is 0 Å². The lowest BCUT2D eigenvalue weighted by molar-refractivity contribution is 1.01. The summed E-state index contributed by atoms with van der Waals surface area (Å²) in [6, 6.07) is 78.7. The van der Waals surface area contributed by atoms with Crippen LogP contribution in [-0.4, -0.2) is 19.1 Å². The van der Waals surface area contributed by atoms with Crippen molar-refractivity contribution in [2.75, 3.05) is 0 Å². The van der Waals surface area contributed by atoms with Crippen molar-refractivity contribution in [3.8, 4) is 45.1 Å². The summed E-state index contributed by atoms with van der Waals surface area (Å²) in [6.45, 7) is 0. The van der Waals surface area contributed by atoms with Gasteiger partial charge in [-0.2, -0.15) is 0 Å². The van der Waals surface area contributed by atoms with Crippen molar-refractivity contribution in [1.82, 2.24) is 19.1 Å². The van der Waals surface area contributed by atoms with Crippen molar-refractivity contribution in [2.45, 2.75) is 0 Å². The molecule has 0 N–H and O–H groups in total.